The van der Waals surface area contributed by atoms with Gasteiger partial charge in [0.1, 0.15) is 0 Å². The van der Waals surface area contributed by atoms with Gasteiger partial charge in [0.15, 0.2) is 0 Å². The Morgan fingerprint density at radius 3 is 2.20 bits per heavy atom. The molecular weight excluding hydrogens is 269 g/mol. The molecule has 0 aliphatic carbocycles. The van der Waals surface area contributed by atoms with Crippen molar-refractivity contribution in [3.8, 4) is 11.1 Å². The second kappa shape index (κ2) is 5.36. The number of benzene rings is 2. The Balaban J connectivity index is 2.73. The van der Waals surface area contributed by atoms with Crippen LogP contribution in [-0.4, -0.2) is 13.1 Å². The normalized spacial score (nSPS) is 11.2. The van der Waals surface area contributed by atoms with E-state index in [9.17, 15) is 18.0 Å². The van der Waals surface area contributed by atoms with Gasteiger partial charge in [-0.25, -0.2) is 4.79 Å². The minimum absolute atomic E-state index is 0.0407. The van der Waals surface area contributed by atoms with E-state index in [4.69, 9.17) is 0 Å². The monoisotopic (exact) mass is 280 g/mol. The van der Waals surface area contributed by atoms with Crippen molar-refractivity contribution in [2.45, 2.75) is 6.18 Å². The largest absolute Gasteiger partial charge is 0.465 e. The van der Waals surface area contributed by atoms with Crippen molar-refractivity contribution in [1.82, 2.24) is 0 Å². The molecule has 0 spiro atoms. The molecule has 0 aliphatic rings. The first-order valence-corrected chi connectivity index (χ1v) is 5.79. The Labute approximate surface area is 113 Å². The second-order valence-corrected chi connectivity index (χ2v) is 4.08. The lowest BCUT2D eigenvalue weighted by molar-refractivity contribution is -0.137. The van der Waals surface area contributed by atoms with Crippen molar-refractivity contribution in [3.63, 3.8) is 0 Å². The summed E-state index contributed by atoms with van der Waals surface area (Å²) in [5.41, 5.74) is -1.11. The number of esters is 1. The van der Waals surface area contributed by atoms with E-state index in [0.717, 1.165) is 13.2 Å². The Hall–Kier alpha value is -2.30. The van der Waals surface area contributed by atoms with Crippen molar-refractivity contribution in [2.75, 3.05) is 7.11 Å². The first kappa shape index (κ1) is 14.1. The van der Waals surface area contributed by atoms with Gasteiger partial charge < -0.3 is 4.74 Å². The van der Waals surface area contributed by atoms with Crippen LogP contribution in [0.1, 0.15) is 15.9 Å². The molecule has 5 heteroatoms. The summed E-state index contributed by atoms with van der Waals surface area (Å²) < 4.78 is 44.3. The lowest BCUT2D eigenvalue weighted by Gasteiger charge is -2.16. The Bertz CT molecular complexity index is 619. The van der Waals surface area contributed by atoms with Crippen molar-refractivity contribution < 1.29 is 22.7 Å². The number of hydrogen-bond acceptors (Lipinski definition) is 2. The van der Waals surface area contributed by atoms with E-state index in [1.165, 1.54) is 12.1 Å². The summed E-state index contributed by atoms with van der Waals surface area (Å²) in [5.74, 6) is -1.00. The van der Waals surface area contributed by atoms with Crippen molar-refractivity contribution >= 4 is 5.97 Å². The number of rotatable bonds is 2. The maximum atomic E-state index is 13.3. The van der Waals surface area contributed by atoms with Crippen LogP contribution in [-0.2, 0) is 10.9 Å². The van der Waals surface area contributed by atoms with E-state index in [-0.39, 0.29) is 5.56 Å². The molecular formula is C15H11F3O2. The number of hydrogen-bond donors (Lipinski definition) is 0. The van der Waals surface area contributed by atoms with Gasteiger partial charge in [-0.05, 0) is 17.2 Å². The fourth-order valence-electron chi connectivity index (χ4n) is 2.00. The molecule has 0 radical (unpaired) electrons. The molecule has 0 aliphatic heterocycles. The minimum atomic E-state index is -4.64. The zero-order valence-corrected chi connectivity index (χ0v) is 10.6. The number of ether oxygens (including phenoxy) is 1. The van der Waals surface area contributed by atoms with Crippen LogP contribution in [0.5, 0.6) is 0 Å². The first-order chi connectivity index (χ1) is 9.45. The summed E-state index contributed by atoms with van der Waals surface area (Å²) in [6.07, 6.45) is -4.64. The lowest BCUT2D eigenvalue weighted by atomic mass is 9.95. The minimum Gasteiger partial charge on any atom is -0.465 e. The maximum absolute atomic E-state index is 13.3. The number of halogens is 3. The van der Waals surface area contributed by atoms with Crippen LogP contribution < -0.4 is 0 Å². The summed E-state index contributed by atoms with van der Waals surface area (Å²) in [5, 5.41) is 0. The third-order valence-electron chi connectivity index (χ3n) is 2.84. The molecule has 104 valence electrons. The van der Waals surface area contributed by atoms with Crippen molar-refractivity contribution in [1.29, 1.82) is 0 Å². The molecule has 0 saturated carbocycles. The Morgan fingerprint density at radius 1 is 1.00 bits per heavy atom. The highest BCUT2D eigenvalue weighted by molar-refractivity contribution is 5.94. The van der Waals surface area contributed by atoms with Gasteiger partial charge >= 0.3 is 12.1 Å². The quantitative estimate of drug-likeness (QED) is 0.772. The van der Waals surface area contributed by atoms with Crippen LogP contribution in [0.3, 0.4) is 0 Å². The van der Waals surface area contributed by atoms with Gasteiger partial charge in [0, 0.05) is 0 Å². The topological polar surface area (TPSA) is 26.3 Å². The van der Waals surface area contributed by atoms with E-state index >= 15 is 0 Å². The predicted octanol–water partition coefficient (Wildman–Crippen LogP) is 4.16. The summed E-state index contributed by atoms with van der Waals surface area (Å²) in [4.78, 5) is 11.5. The fraction of sp³-hybridized carbons (Fsp3) is 0.133. The molecule has 0 unspecified atom stereocenters. The molecule has 2 aromatic carbocycles. The zero-order valence-electron chi connectivity index (χ0n) is 10.6. The number of alkyl halides is 3. The van der Waals surface area contributed by atoms with Gasteiger partial charge in [0.05, 0.1) is 18.2 Å². The second-order valence-electron chi connectivity index (χ2n) is 4.08. The van der Waals surface area contributed by atoms with E-state index in [2.05, 4.69) is 4.74 Å². The molecule has 2 rings (SSSR count). The summed E-state index contributed by atoms with van der Waals surface area (Å²) in [7, 11) is 1.05. The molecule has 0 heterocycles. The van der Waals surface area contributed by atoms with Crippen LogP contribution in [0.25, 0.3) is 11.1 Å². The standard InChI is InChI=1S/C15H11F3O2/c1-20-14(19)12-9-5-8-11(13(12)15(16,17)18)10-6-3-2-4-7-10/h2-9H,1H3. The first-order valence-electron chi connectivity index (χ1n) is 5.79. The van der Waals surface area contributed by atoms with Crippen LogP contribution in [0.4, 0.5) is 13.2 Å². The number of carbonyl (C=O) groups is 1. The fourth-order valence-corrected chi connectivity index (χ4v) is 2.00. The predicted molar refractivity (Wildman–Crippen MR) is 68.2 cm³/mol. The highest BCUT2D eigenvalue weighted by Gasteiger charge is 2.38. The Morgan fingerprint density at radius 2 is 1.65 bits per heavy atom. The van der Waals surface area contributed by atoms with Crippen LogP contribution >= 0.6 is 0 Å². The summed E-state index contributed by atoms with van der Waals surface area (Å²) in [6.45, 7) is 0. The number of methoxy groups -OCH3 is 1. The van der Waals surface area contributed by atoms with Gasteiger partial charge in [-0.1, -0.05) is 42.5 Å². The molecule has 20 heavy (non-hydrogen) atoms. The highest BCUT2D eigenvalue weighted by Crippen LogP contribution is 2.39. The Kier molecular flexibility index (Phi) is 3.79. The zero-order chi connectivity index (χ0) is 14.8. The molecule has 2 aromatic rings. The summed E-state index contributed by atoms with van der Waals surface area (Å²) in [6, 6.07) is 12.0. The molecule has 0 aromatic heterocycles. The average Bonchev–Trinajstić information content (AvgIpc) is 2.45. The molecule has 0 atom stereocenters. The van der Waals surface area contributed by atoms with Crippen molar-refractivity contribution in [3.05, 3.63) is 59.7 Å². The van der Waals surface area contributed by atoms with Crippen molar-refractivity contribution in [2.24, 2.45) is 0 Å². The highest BCUT2D eigenvalue weighted by atomic mass is 19.4. The third-order valence-corrected chi connectivity index (χ3v) is 2.84. The number of carbonyl (C=O) groups excluding carboxylic acids is 1. The summed E-state index contributed by atoms with van der Waals surface area (Å²) >= 11 is 0. The molecule has 2 nitrogen and oxygen atoms in total. The average molecular weight is 280 g/mol. The van der Waals surface area contributed by atoms with Gasteiger partial charge in [0.2, 0.25) is 0 Å². The van der Waals surface area contributed by atoms with Gasteiger partial charge in [-0.3, -0.25) is 0 Å². The molecule has 0 N–H and O–H groups in total. The van der Waals surface area contributed by atoms with Crippen LogP contribution in [0, 0.1) is 0 Å². The maximum Gasteiger partial charge on any atom is 0.417 e. The molecule has 0 fully saturated rings. The van der Waals surface area contributed by atoms with E-state index < -0.39 is 23.3 Å². The molecule has 0 amide bonds. The van der Waals surface area contributed by atoms with Gasteiger partial charge in [-0.15, -0.1) is 0 Å². The molecule has 0 saturated heterocycles. The van der Waals surface area contributed by atoms with Crippen LogP contribution in [0.2, 0.25) is 0 Å². The van der Waals surface area contributed by atoms with E-state index in [1.54, 1.807) is 30.3 Å². The van der Waals surface area contributed by atoms with E-state index in [1.807, 2.05) is 0 Å². The van der Waals surface area contributed by atoms with Gasteiger partial charge in [0.25, 0.3) is 0 Å². The third kappa shape index (κ3) is 2.66. The SMILES string of the molecule is COC(=O)c1cccc(-c2ccccc2)c1C(F)(F)F. The van der Waals surface area contributed by atoms with Gasteiger partial charge in [-0.2, -0.15) is 13.2 Å². The molecule has 0 bridgehead atoms. The lowest BCUT2D eigenvalue weighted by Crippen LogP contribution is -2.15. The smallest absolute Gasteiger partial charge is 0.417 e. The van der Waals surface area contributed by atoms with Crippen LogP contribution in [0.15, 0.2) is 48.5 Å². The van der Waals surface area contributed by atoms with E-state index in [0.29, 0.717) is 5.56 Å².